The third-order valence-electron chi connectivity index (χ3n) is 4.65. The first-order valence-electron chi connectivity index (χ1n) is 7.89. The van der Waals surface area contributed by atoms with Crippen LogP contribution in [0.4, 0.5) is 0 Å². The Hall–Kier alpha value is -1.58. The average molecular weight is 270 g/mol. The summed E-state index contributed by atoms with van der Waals surface area (Å²) in [5.74, 6) is 3.14. The van der Waals surface area contributed by atoms with Crippen LogP contribution in [-0.2, 0) is 32.2 Å². The average Bonchev–Trinajstić information content (AvgIpc) is 3.00. The minimum atomic E-state index is 0.788. The second kappa shape index (κ2) is 4.76. The number of aryl methyl sites for hydroxylation is 3. The van der Waals surface area contributed by atoms with Crippen LogP contribution in [0.3, 0.4) is 0 Å². The molecule has 0 spiro atoms. The quantitative estimate of drug-likeness (QED) is 0.912. The maximum absolute atomic E-state index is 4.78. The fourth-order valence-corrected chi connectivity index (χ4v) is 3.53. The van der Waals surface area contributed by atoms with E-state index in [1.54, 1.807) is 0 Å². The SMILES string of the molecule is C[C@H]1CCc2nc(Cc3cn4c(n3)CCCC4)[nH]c2C1. The molecule has 2 aromatic heterocycles. The number of aromatic nitrogens is 4. The summed E-state index contributed by atoms with van der Waals surface area (Å²) < 4.78 is 2.32. The molecule has 0 saturated carbocycles. The van der Waals surface area contributed by atoms with Gasteiger partial charge >= 0.3 is 0 Å². The Kier molecular flexibility index (Phi) is 2.90. The van der Waals surface area contributed by atoms with Gasteiger partial charge < -0.3 is 9.55 Å². The van der Waals surface area contributed by atoms with E-state index in [-0.39, 0.29) is 0 Å². The summed E-state index contributed by atoms with van der Waals surface area (Å²) in [7, 11) is 0. The normalized spacial score (nSPS) is 21.6. The number of nitrogens with one attached hydrogen (secondary N) is 1. The highest BCUT2D eigenvalue weighted by molar-refractivity contribution is 5.21. The van der Waals surface area contributed by atoms with Crippen molar-refractivity contribution in [3.63, 3.8) is 0 Å². The number of nitrogens with zero attached hydrogens (tertiary/aromatic N) is 3. The van der Waals surface area contributed by atoms with E-state index in [1.807, 2.05) is 0 Å². The van der Waals surface area contributed by atoms with Crippen LogP contribution < -0.4 is 0 Å². The van der Waals surface area contributed by atoms with E-state index in [0.717, 1.165) is 44.0 Å². The maximum atomic E-state index is 4.78. The molecule has 0 fully saturated rings. The lowest BCUT2D eigenvalue weighted by atomic mass is 9.92. The minimum absolute atomic E-state index is 0.788. The predicted molar refractivity (Wildman–Crippen MR) is 77.7 cm³/mol. The molecule has 4 rings (SSSR count). The Morgan fingerprint density at radius 1 is 1.30 bits per heavy atom. The lowest BCUT2D eigenvalue weighted by molar-refractivity contribution is 0.492. The third-order valence-corrected chi connectivity index (χ3v) is 4.65. The molecule has 106 valence electrons. The molecule has 4 heteroatoms. The highest BCUT2D eigenvalue weighted by atomic mass is 15.1. The van der Waals surface area contributed by atoms with Crippen molar-refractivity contribution in [3.05, 3.63) is 34.9 Å². The summed E-state index contributed by atoms with van der Waals surface area (Å²) in [5, 5.41) is 0. The van der Waals surface area contributed by atoms with Gasteiger partial charge in [0.2, 0.25) is 0 Å². The van der Waals surface area contributed by atoms with E-state index in [9.17, 15) is 0 Å². The molecular weight excluding hydrogens is 248 g/mol. The Morgan fingerprint density at radius 3 is 3.15 bits per heavy atom. The largest absolute Gasteiger partial charge is 0.345 e. The van der Waals surface area contributed by atoms with Crippen LogP contribution in [0.25, 0.3) is 0 Å². The number of rotatable bonds is 2. The fourth-order valence-electron chi connectivity index (χ4n) is 3.53. The van der Waals surface area contributed by atoms with Crippen LogP contribution in [0.1, 0.15) is 54.9 Å². The van der Waals surface area contributed by atoms with Crippen LogP contribution in [0.15, 0.2) is 6.20 Å². The number of imidazole rings is 2. The molecule has 4 nitrogen and oxygen atoms in total. The first kappa shape index (κ1) is 12.2. The molecule has 0 radical (unpaired) electrons. The second-order valence-electron chi connectivity index (χ2n) is 6.43. The predicted octanol–water partition coefficient (Wildman–Crippen LogP) is 2.66. The van der Waals surface area contributed by atoms with Crippen molar-refractivity contribution < 1.29 is 0 Å². The Bertz CT molecular complexity index is 599. The van der Waals surface area contributed by atoms with Gasteiger partial charge in [0.25, 0.3) is 0 Å². The van der Waals surface area contributed by atoms with Crippen LogP contribution in [0.2, 0.25) is 0 Å². The standard InChI is InChI=1S/C16H22N4/c1-11-5-6-13-14(8-11)19-15(18-13)9-12-10-20-7-3-2-4-16(20)17-12/h10-11H,2-9H2,1H3,(H,18,19)/t11-/m0/s1. The number of hydrogen-bond donors (Lipinski definition) is 1. The maximum Gasteiger partial charge on any atom is 0.112 e. The van der Waals surface area contributed by atoms with Gasteiger partial charge in [0.05, 0.1) is 11.4 Å². The molecule has 0 aromatic carbocycles. The van der Waals surface area contributed by atoms with Gasteiger partial charge in [-0.1, -0.05) is 6.92 Å². The molecule has 0 amide bonds. The Balaban J connectivity index is 1.55. The van der Waals surface area contributed by atoms with Gasteiger partial charge in [-0.2, -0.15) is 0 Å². The Labute approximate surface area is 119 Å². The van der Waals surface area contributed by atoms with E-state index in [4.69, 9.17) is 9.97 Å². The van der Waals surface area contributed by atoms with Gasteiger partial charge in [-0.25, -0.2) is 9.97 Å². The number of aromatic amines is 1. The topological polar surface area (TPSA) is 46.5 Å². The van der Waals surface area contributed by atoms with Gasteiger partial charge in [0, 0.05) is 31.3 Å². The van der Waals surface area contributed by atoms with E-state index < -0.39 is 0 Å². The number of hydrogen-bond acceptors (Lipinski definition) is 2. The lowest BCUT2D eigenvalue weighted by Crippen LogP contribution is -2.10. The van der Waals surface area contributed by atoms with E-state index in [1.165, 1.54) is 42.2 Å². The van der Waals surface area contributed by atoms with Crippen molar-refractivity contribution in [1.29, 1.82) is 0 Å². The molecule has 0 bridgehead atoms. The summed E-state index contributed by atoms with van der Waals surface area (Å²) in [4.78, 5) is 13.1. The smallest absolute Gasteiger partial charge is 0.112 e. The van der Waals surface area contributed by atoms with Gasteiger partial charge in [-0.05, 0) is 38.0 Å². The molecule has 1 atom stereocenters. The van der Waals surface area contributed by atoms with Crippen LogP contribution in [0, 0.1) is 5.92 Å². The summed E-state index contributed by atoms with van der Waals surface area (Å²) >= 11 is 0. The van der Waals surface area contributed by atoms with E-state index >= 15 is 0 Å². The molecule has 2 aliphatic rings. The summed E-state index contributed by atoms with van der Waals surface area (Å²) in [6.07, 6.45) is 10.3. The molecule has 1 N–H and O–H groups in total. The summed E-state index contributed by atoms with van der Waals surface area (Å²) in [6.45, 7) is 3.46. The zero-order chi connectivity index (χ0) is 13.5. The first-order valence-corrected chi connectivity index (χ1v) is 7.89. The van der Waals surface area contributed by atoms with E-state index in [0.29, 0.717) is 0 Å². The molecule has 3 heterocycles. The van der Waals surface area contributed by atoms with Crippen LogP contribution >= 0.6 is 0 Å². The van der Waals surface area contributed by atoms with Crippen molar-refractivity contribution >= 4 is 0 Å². The molecule has 0 unspecified atom stereocenters. The zero-order valence-corrected chi connectivity index (χ0v) is 12.2. The van der Waals surface area contributed by atoms with Crippen molar-refractivity contribution in [3.8, 4) is 0 Å². The fraction of sp³-hybridized carbons (Fsp3) is 0.625. The molecule has 2 aromatic rings. The monoisotopic (exact) mass is 270 g/mol. The highest BCUT2D eigenvalue weighted by Gasteiger charge is 2.20. The van der Waals surface area contributed by atoms with Gasteiger partial charge in [-0.3, -0.25) is 0 Å². The van der Waals surface area contributed by atoms with Crippen LogP contribution in [-0.4, -0.2) is 19.5 Å². The summed E-state index contributed by atoms with van der Waals surface area (Å²) in [5.41, 5.74) is 3.82. The van der Waals surface area contributed by atoms with Crippen molar-refractivity contribution in [2.45, 2.75) is 58.4 Å². The molecule has 20 heavy (non-hydrogen) atoms. The number of fused-ring (bicyclic) bond motifs is 2. The van der Waals surface area contributed by atoms with Gasteiger partial charge in [0.15, 0.2) is 0 Å². The molecule has 1 aliphatic carbocycles. The van der Waals surface area contributed by atoms with Crippen molar-refractivity contribution in [1.82, 2.24) is 19.5 Å². The Morgan fingerprint density at radius 2 is 2.25 bits per heavy atom. The second-order valence-corrected chi connectivity index (χ2v) is 6.43. The van der Waals surface area contributed by atoms with Gasteiger partial charge in [-0.15, -0.1) is 0 Å². The van der Waals surface area contributed by atoms with Crippen LogP contribution in [0.5, 0.6) is 0 Å². The molecule has 1 aliphatic heterocycles. The van der Waals surface area contributed by atoms with Crippen molar-refractivity contribution in [2.24, 2.45) is 5.92 Å². The first-order chi connectivity index (χ1) is 9.78. The lowest BCUT2D eigenvalue weighted by Gasteiger charge is -2.15. The molecule has 0 saturated heterocycles. The third kappa shape index (κ3) is 2.17. The number of H-pyrrole nitrogens is 1. The summed E-state index contributed by atoms with van der Waals surface area (Å²) in [6, 6.07) is 0. The van der Waals surface area contributed by atoms with E-state index in [2.05, 4.69) is 22.7 Å². The zero-order valence-electron chi connectivity index (χ0n) is 12.2. The molecular formula is C16H22N4. The van der Waals surface area contributed by atoms with Crippen molar-refractivity contribution in [2.75, 3.05) is 0 Å². The van der Waals surface area contributed by atoms with Gasteiger partial charge in [0.1, 0.15) is 11.6 Å². The minimum Gasteiger partial charge on any atom is -0.345 e. The highest BCUT2D eigenvalue weighted by Crippen LogP contribution is 2.24.